The highest BCUT2D eigenvalue weighted by Gasteiger charge is 2.22. The molecule has 0 amide bonds. The number of ether oxygens (including phenoxy) is 6. The van der Waals surface area contributed by atoms with Crippen molar-refractivity contribution in [3.8, 4) is 11.5 Å². The van der Waals surface area contributed by atoms with Gasteiger partial charge in [0.25, 0.3) is 0 Å². The van der Waals surface area contributed by atoms with E-state index in [0.29, 0.717) is 12.0 Å². The number of hydrogen-bond acceptors (Lipinski definition) is 11. The normalized spacial score (nSPS) is 11.3. The van der Waals surface area contributed by atoms with E-state index in [4.69, 9.17) is 18.9 Å². The molecule has 1 aromatic carbocycles. The highest BCUT2D eigenvalue weighted by molar-refractivity contribution is 5.76. The summed E-state index contributed by atoms with van der Waals surface area (Å²) in [6.07, 6.45) is -1.58. The zero-order chi connectivity index (χ0) is 24.1. The molecule has 178 valence electrons. The van der Waals surface area contributed by atoms with Gasteiger partial charge in [-0.2, -0.15) is 0 Å². The summed E-state index contributed by atoms with van der Waals surface area (Å²) in [5.74, 6) is -0.853. The first kappa shape index (κ1) is 26.7. The zero-order valence-corrected chi connectivity index (χ0v) is 18.8. The van der Waals surface area contributed by atoms with Gasteiger partial charge in [0.15, 0.2) is 11.5 Å². The second-order valence-electron chi connectivity index (χ2n) is 6.95. The molecule has 0 aliphatic carbocycles. The third-order valence-corrected chi connectivity index (χ3v) is 3.98. The van der Waals surface area contributed by atoms with Crippen LogP contribution in [-0.2, 0) is 35.0 Å². The third-order valence-electron chi connectivity index (χ3n) is 3.98. The van der Waals surface area contributed by atoms with E-state index in [1.165, 1.54) is 19.2 Å². The van der Waals surface area contributed by atoms with Gasteiger partial charge in [0.2, 0.25) is 0 Å². The Balaban J connectivity index is 2.88. The maximum absolute atomic E-state index is 12.2. The minimum Gasteiger partial charge on any atom is -0.468 e. The van der Waals surface area contributed by atoms with Gasteiger partial charge in [-0.1, -0.05) is 19.9 Å². The number of carbonyl (C=O) groups is 4. The minimum absolute atomic E-state index is 0.0781. The number of nitrogens with one attached hydrogen (secondary N) is 1. The summed E-state index contributed by atoms with van der Waals surface area (Å²) in [5.41, 5.74) is 0.556. The fourth-order valence-corrected chi connectivity index (χ4v) is 2.51. The number of rotatable bonds is 11. The molecule has 0 saturated carbocycles. The standard InChI is InChI=1S/C21H29NO10/c1-13(2)10-18(23)30-9-8-22-15(19(24)27-3)11-14-6-7-16(31-20(25)28-4)17(12-14)32-21(26)29-5/h6-7,12-13,15,22H,8-11H2,1-5H3/t15-/m0/s1. The third kappa shape index (κ3) is 9.65. The second-order valence-corrected chi connectivity index (χ2v) is 6.95. The van der Waals surface area contributed by atoms with Gasteiger partial charge < -0.3 is 33.7 Å². The lowest BCUT2D eigenvalue weighted by Crippen LogP contribution is -2.41. The SMILES string of the molecule is COC(=O)Oc1ccc(C[C@H](NCCOC(=O)CC(C)C)C(=O)OC)cc1OC(=O)OC. The molecule has 0 aromatic heterocycles. The molecule has 0 unspecified atom stereocenters. The number of methoxy groups -OCH3 is 3. The Morgan fingerprint density at radius 2 is 1.53 bits per heavy atom. The molecule has 0 fully saturated rings. The Kier molecular flexibility index (Phi) is 11.6. The van der Waals surface area contributed by atoms with E-state index in [0.717, 1.165) is 14.2 Å². The Hall–Kier alpha value is -3.34. The number of carbonyl (C=O) groups excluding carboxylic acids is 4. The molecule has 0 bridgehead atoms. The summed E-state index contributed by atoms with van der Waals surface area (Å²) in [4.78, 5) is 46.7. The van der Waals surface area contributed by atoms with E-state index in [9.17, 15) is 19.2 Å². The predicted molar refractivity (Wildman–Crippen MR) is 110 cm³/mol. The maximum atomic E-state index is 12.2. The molecule has 11 nitrogen and oxygen atoms in total. The predicted octanol–water partition coefficient (Wildman–Crippen LogP) is 2.24. The van der Waals surface area contributed by atoms with Crippen molar-refractivity contribution in [3.63, 3.8) is 0 Å². The summed E-state index contributed by atoms with van der Waals surface area (Å²) in [5, 5.41) is 2.97. The molecule has 32 heavy (non-hydrogen) atoms. The quantitative estimate of drug-likeness (QED) is 0.228. The number of esters is 2. The molecule has 0 spiro atoms. The van der Waals surface area contributed by atoms with Gasteiger partial charge in [0, 0.05) is 13.0 Å². The molecule has 0 heterocycles. The maximum Gasteiger partial charge on any atom is 0.513 e. The van der Waals surface area contributed by atoms with Crippen molar-refractivity contribution in [2.24, 2.45) is 5.92 Å². The van der Waals surface area contributed by atoms with Crippen molar-refractivity contribution in [3.05, 3.63) is 23.8 Å². The molecular weight excluding hydrogens is 426 g/mol. The van der Waals surface area contributed by atoms with Crippen LogP contribution in [0.15, 0.2) is 18.2 Å². The van der Waals surface area contributed by atoms with Gasteiger partial charge in [0.1, 0.15) is 12.6 Å². The Bertz CT molecular complexity index is 793. The lowest BCUT2D eigenvalue weighted by Gasteiger charge is -2.18. The van der Waals surface area contributed by atoms with Crippen LogP contribution in [0.4, 0.5) is 9.59 Å². The van der Waals surface area contributed by atoms with Crippen LogP contribution in [-0.4, -0.2) is 64.8 Å². The average molecular weight is 455 g/mol. The van der Waals surface area contributed by atoms with Gasteiger partial charge in [-0.25, -0.2) is 9.59 Å². The molecular formula is C21H29NO10. The van der Waals surface area contributed by atoms with Crippen molar-refractivity contribution in [2.45, 2.75) is 32.7 Å². The fourth-order valence-electron chi connectivity index (χ4n) is 2.51. The smallest absolute Gasteiger partial charge is 0.468 e. The lowest BCUT2D eigenvalue weighted by atomic mass is 10.1. The van der Waals surface area contributed by atoms with Gasteiger partial charge in [0.05, 0.1) is 21.3 Å². The zero-order valence-electron chi connectivity index (χ0n) is 18.8. The summed E-state index contributed by atoms with van der Waals surface area (Å²) >= 11 is 0. The van der Waals surface area contributed by atoms with Crippen LogP contribution >= 0.6 is 0 Å². The molecule has 1 atom stereocenters. The molecule has 1 aromatic rings. The first-order valence-corrected chi connectivity index (χ1v) is 9.81. The van der Waals surface area contributed by atoms with E-state index in [1.807, 2.05) is 13.8 Å². The first-order chi connectivity index (χ1) is 15.2. The lowest BCUT2D eigenvalue weighted by molar-refractivity contribution is -0.144. The Labute approximate surface area is 186 Å². The van der Waals surface area contributed by atoms with E-state index < -0.39 is 24.3 Å². The van der Waals surface area contributed by atoms with Crippen LogP contribution < -0.4 is 14.8 Å². The molecule has 1 rings (SSSR count). The molecule has 11 heteroatoms. The van der Waals surface area contributed by atoms with Crippen LogP contribution in [0, 0.1) is 5.92 Å². The van der Waals surface area contributed by atoms with Gasteiger partial charge in [-0.15, -0.1) is 0 Å². The van der Waals surface area contributed by atoms with Gasteiger partial charge in [-0.3, -0.25) is 9.59 Å². The Morgan fingerprint density at radius 1 is 0.906 bits per heavy atom. The first-order valence-electron chi connectivity index (χ1n) is 9.81. The molecule has 0 aliphatic rings. The second kappa shape index (κ2) is 13.9. The van der Waals surface area contributed by atoms with E-state index in [2.05, 4.69) is 14.8 Å². The minimum atomic E-state index is -1.03. The van der Waals surface area contributed by atoms with Gasteiger partial charge >= 0.3 is 24.2 Å². The van der Waals surface area contributed by atoms with Crippen molar-refractivity contribution < 1.29 is 47.6 Å². The Morgan fingerprint density at radius 3 is 2.09 bits per heavy atom. The monoisotopic (exact) mass is 455 g/mol. The van der Waals surface area contributed by atoms with E-state index >= 15 is 0 Å². The highest BCUT2D eigenvalue weighted by atomic mass is 16.7. The topological polar surface area (TPSA) is 136 Å². The van der Waals surface area contributed by atoms with Crippen LogP contribution in [0.5, 0.6) is 11.5 Å². The van der Waals surface area contributed by atoms with E-state index in [-0.39, 0.29) is 43.0 Å². The van der Waals surface area contributed by atoms with Crippen LogP contribution in [0.1, 0.15) is 25.8 Å². The summed E-state index contributed by atoms with van der Waals surface area (Å²) in [6.45, 7) is 4.12. The van der Waals surface area contributed by atoms with Crippen LogP contribution in [0.2, 0.25) is 0 Å². The number of benzene rings is 1. The summed E-state index contributed by atoms with van der Waals surface area (Å²) in [7, 11) is 3.50. The molecule has 0 radical (unpaired) electrons. The van der Waals surface area contributed by atoms with Crippen molar-refractivity contribution in [2.75, 3.05) is 34.5 Å². The summed E-state index contributed by atoms with van der Waals surface area (Å²) in [6, 6.07) is 3.59. The molecule has 0 saturated heterocycles. The van der Waals surface area contributed by atoms with Crippen molar-refractivity contribution >= 4 is 24.2 Å². The summed E-state index contributed by atoms with van der Waals surface area (Å²) < 4.78 is 28.8. The number of hydrogen-bond donors (Lipinski definition) is 1. The largest absolute Gasteiger partial charge is 0.513 e. The fraction of sp³-hybridized carbons (Fsp3) is 0.524. The van der Waals surface area contributed by atoms with E-state index in [1.54, 1.807) is 6.07 Å². The average Bonchev–Trinajstić information content (AvgIpc) is 2.76. The van der Waals surface area contributed by atoms with Crippen LogP contribution in [0.25, 0.3) is 0 Å². The molecule has 1 N–H and O–H groups in total. The van der Waals surface area contributed by atoms with Crippen molar-refractivity contribution in [1.29, 1.82) is 0 Å². The van der Waals surface area contributed by atoms with Gasteiger partial charge in [-0.05, 0) is 30.0 Å². The van der Waals surface area contributed by atoms with Crippen molar-refractivity contribution in [1.82, 2.24) is 5.32 Å². The molecule has 0 aliphatic heterocycles. The highest BCUT2D eigenvalue weighted by Crippen LogP contribution is 2.30. The van der Waals surface area contributed by atoms with Crippen LogP contribution in [0.3, 0.4) is 0 Å².